The molecule has 0 N–H and O–H groups in total. The number of ketones is 1. The van der Waals surface area contributed by atoms with Gasteiger partial charge in [-0.15, -0.1) is 0 Å². The largest absolute Gasteiger partial charge is 0.497 e. The molecule has 0 aliphatic rings. The number of hydrogen-bond donors (Lipinski definition) is 0. The van der Waals surface area contributed by atoms with Crippen molar-refractivity contribution in [3.63, 3.8) is 0 Å². The fourth-order valence-corrected chi connectivity index (χ4v) is 2.29. The highest BCUT2D eigenvalue weighted by Gasteiger charge is 2.19. The average molecular weight is 360 g/mol. The Morgan fingerprint density at radius 2 is 1.23 bits per heavy atom. The summed E-state index contributed by atoms with van der Waals surface area (Å²) in [6, 6.07) is 9.53. The summed E-state index contributed by atoms with van der Waals surface area (Å²) >= 11 is 0. The molecule has 0 aromatic heterocycles. The first kappa shape index (κ1) is 19.1. The van der Waals surface area contributed by atoms with Gasteiger partial charge in [0.25, 0.3) is 0 Å². The standard InChI is InChI=1S/C19H20O7/c1-22-12-5-7-17(24-3)14(9-12)16(20)11-26-19(21)15-10-13(23-2)6-8-18(15)25-4/h5-10H,11H2,1-4H3. The van der Waals surface area contributed by atoms with Crippen LogP contribution in [0.15, 0.2) is 36.4 Å². The van der Waals surface area contributed by atoms with Crippen molar-refractivity contribution in [3.05, 3.63) is 47.5 Å². The molecule has 0 spiro atoms. The number of methoxy groups -OCH3 is 4. The first-order valence-corrected chi connectivity index (χ1v) is 7.68. The molecule has 0 bridgehead atoms. The molecule has 7 heteroatoms. The fourth-order valence-electron chi connectivity index (χ4n) is 2.29. The summed E-state index contributed by atoms with van der Waals surface area (Å²) in [6.07, 6.45) is 0. The van der Waals surface area contributed by atoms with Crippen molar-refractivity contribution in [2.45, 2.75) is 0 Å². The van der Waals surface area contributed by atoms with Gasteiger partial charge in [-0.2, -0.15) is 0 Å². The van der Waals surface area contributed by atoms with Gasteiger partial charge >= 0.3 is 5.97 Å². The van der Waals surface area contributed by atoms with Gasteiger partial charge in [-0.25, -0.2) is 4.79 Å². The Kier molecular flexibility index (Phi) is 6.43. The van der Waals surface area contributed by atoms with Crippen LogP contribution in [0.1, 0.15) is 20.7 Å². The predicted octanol–water partition coefficient (Wildman–Crippen LogP) is 2.76. The number of ether oxygens (including phenoxy) is 5. The maximum atomic E-state index is 12.4. The monoisotopic (exact) mass is 360 g/mol. The first-order chi connectivity index (χ1) is 12.5. The van der Waals surface area contributed by atoms with E-state index in [2.05, 4.69) is 0 Å². The van der Waals surface area contributed by atoms with Crippen LogP contribution in [0.2, 0.25) is 0 Å². The Morgan fingerprint density at radius 3 is 1.73 bits per heavy atom. The van der Waals surface area contributed by atoms with Crippen LogP contribution >= 0.6 is 0 Å². The second kappa shape index (κ2) is 8.75. The molecule has 0 unspecified atom stereocenters. The van der Waals surface area contributed by atoms with Crippen molar-refractivity contribution in [3.8, 4) is 23.0 Å². The van der Waals surface area contributed by atoms with Gasteiger partial charge in [-0.3, -0.25) is 4.79 Å². The van der Waals surface area contributed by atoms with Crippen LogP contribution in [0.3, 0.4) is 0 Å². The molecule has 0 saturated heterocycles. The number of carbonyl (C=O) groups is 2. The smallest absolute Gasteiger partial charge is 0.342 e. The minimum Gasteiger partial charge on any atom is -0.497 e. The number of carbonyl (C=O) groups excluding carboxylic acids is 2. The second-order valence-electron chi connectivity index (χ2n) is 5.13. The Morgan fingerprint density at radius 1 is 0.731 bits per heavy atom. The summed E-state index contributed by atoms with van der Waals surface area (Å²) in [6.45, 7) is -0.456. The number of esters is 1. The summed E-state index contributed by atoms with van der Waals surface area (Å²) in [4.78, 5) is 24.8. The topological polar surface area (TPSA) is 80.3 Å². The van der Waals surface area contributed by atoms with Gasteiger partial charge in [0, 0.05) is 0 Å². The Labute approximate surface area is 151 Å². The van der Waals surface area contributed by atoms with E-state index in [4.69, 9.17) is 23.7 Å². The molecule has 138 valence electrons. The van der Waals surface area contributed by atoms with Crippen LogP contribution in [-0.2, 0) is 4.74 Å². The van der Waals surface area contributed by atoms with E-state index in [0.717, 1.165) is 0 Å². The third-order valence-corrected chi connectivity index (χ3v) is 3.67. The van der Waals surface area contributed by atoms with Crippen LogP contribution < -0.4 is 18.9 Å². The number of hydrogen-bond acceptors (Lipinski definition) is 7. The van der Waals surface area contributed by atoms with Crippen LogP contribution in [0.4, 0.5) is 0 Å². The minimum absolute atomic E-state index is 0.164. The highest BCUT2D eigenvalue weighted by Crippen LogP contribution is 2.26. The molecule has 0 heterocycles. The number of Topliss-reactive ketones (excluding diaryl/α,β-unsaturated/α-hetero) is 1. The molecule has 2 rings (SSSR count). The summed E-state index contributed by atoms with van der Waals surface area (Å²) in [5, 5.41) is 0. The van der Waals surface area contributed by atoms with Crippen molar-refractivity contribution in [1.29, 1.82) is 0 Å². The minimum atomic E-state index is -0.698. The first-order valence-electron chi connectivity index (χ1n) is 7.68. The van der Waals surface area contributed by atoms with Crippen LogP contribution in [0, 0.1) is 0 Å². The van der Waals surface area contributed by atoms with Crippen LogP contribution in [0.5, 0.6) is 23.0 Å². The van der Waals surface area contributed by atoms with Gasteiger partial charge in [-0.1, -0.05) is 0 Å². The van der Waals surface area contributed by atoms with E-state index < -0.39 is 18.4 Å². The van der Waals surface area contributed by atoms with Crippen LogP contribution in [-0.4, -0.2) is 46.8 Å². The van der Waals surface area contributed by atoms with E-state index >= 15 is 0 Å². The molecular formula is C19H20O7. The number of benzene rings is 2. The molecular weight excluding hydrogens is 340 g/mol. The SMILES string of the molecule is COc1ccc(OC)c(C(=O)COC(=O)c2cc(OC)ccc2OC)c1. The van der Waals surface area contributed by atoms with E-state index in [1.807, 2.05) is 0 Å². The van der Waals surface area contributed by atoms with Gasteiger partial charge < -0.3 is 23.7 Å². The van der Waals surface area contributed by atoms with Gasteiger partial charge in [0.2, 0.25) is 5.78 Å². The van der Waals surface area contributed by atoms with Crippen LogP contribution in [0.25, 0.3) is 0 Å². The van der Waals surface area contributed by atoms with E-state index in [9.17, 15) is 9.59 Å². The molecule has 0 radical (unpaired) electrons. The third-order valence-electron chi connectivity index (χ3n) is 3.67. The van der Waals surface area contributed by atoms with Gasteiger partial charge in [0.15, 0.2) is 6.61 Å². The van der Waals surface area contributed by atoms with Crippen molar-refractivity contribution in [2.75, 3.05) is 35.0 Å². The van der Waals surface area contributed by atoms with Crippen molar-refractivity contribution < 1.29 is 33.3 Å². The van der Waals surface area contributed by atoms with E-state index in [-0.39, 0.29) is 11.1 Å². The zero-order valence-electron chi connectivity index (χ0n) is 15.0. The Hall–Kier alpha value is -3.22. The molecule has 26 heavy (non-hydrogen) atoms. The predicted molar refractivity (Wildman–Crippen MR) is 93.7 cm³/mol. The lowest BCUT2D eigenvalue weighted by atomic mass is 10.1. The fraction of sp³-hybridized carbons (Fsp3) is 0.263. The van der Waals surface area contributed by atoms with Gasteiger partial charge in [0.1, 0.15) is 28.6 Å². The zero-order valence-corrected chi connectivity index (χ0v) is 15.0. The maximum absolute atomic E-state index is 12.4. The normalized spacial score (nSPS) is 10.0. The Bertz CT molecular complexity index is 731. The summed E-state index contributed by atoms with van der Waals surface area (Å²) < 4.78 is 25.7. The molecule has 0 atom stereocenters. The van der Waals surface area contributed by atoms with E-state index in [1.165, 1.54) is 40.6 Å². The molecule has 0 aliphatic heterocycles. The molecule has 0 amide bonds. The number of rotatable bonds is 8. The second-order valence-corrected chi connectivity index (χ2v) is 5.13. The van der Waals surface area contributed by atoms with Gasteiger partial charge in [-0.05, 0) is 36.4 Å². The Balaban J connectivity index is 2.16. The lowest BCUT2D eigenvalue weighted by molar-refractivity contribution is 0.0470. The molecule has 0 aliphatic carbocycles. The quantitative estimate of drug-likeness (QED) is 0.529. The van der Waals surface area contributed by atoms with Crippen molar-refractivity contribution in [1.82, 2.24) is 0 Å². The molecule has 2 aromatic rings. The van der Waals surface area contributed by atoms with E-state index in [0.29, 0.717) is 23.0 Å². The summed E-state index contributed by atoms with van der Waals surface area (Å²) in [7, 11) is 5.86. The lowest BCUT2D eigenvalue weighted by Crippen LogP contribution is -2.16. The molecule has 7 nitrogen and oxygen atoms in total. The maximum Gasteiger partial charge on any atom is 0.342 e. The highest BCUT2D eigenvalue weighted by molar-refractivity contribution is 6.02. The lowest BCUT2D eigenvalue weighted by Gasteiger charge is -2.12. The highest BCUT2D eigenvalue weighted by atomic mass is 16.5. The van der Waals surface area contributed by atoms with E-state index in [1.54, 1.807) is 24.3 Å². The molecule has 0 saturated carbocycles. The summed E-state index contributed by atoms with van der Waals surface area (Å²) in [5.41, 5.74) is 0.425. The molecule has 0 fully saturated rings. The summed E-state index contributed by atoms with van der Waals surface area (Å²) in [5.74, 6) is 0.536. The average Bonchev–Trinajstić information content (AvgIpc) is 2.70. The van der Waals surface area contributed by atoms with Gasteiger partial charge in [0.05, 0.1) is 34.0 Å². The zero-order chi connectivity index (χ0) is 19.1. The molecule has 2 aromatic carbocycles. The van der Waals surface area contributed by atoms with Crippen molar-refractivity contribution >= 4 is 11.8 Å². The third kappa shape index (κ3) is 4.24. The van der Waals surface area contributed by atoms with Crippen molar-refractivity contribution in [2.24, 2.45) is 0 Å².